The number of hydrogen-bond acceptors (Lipinski definition) is 2. The third-order valence-corrected chi connectivity index (χ3v) is 2.65. The van der Waals surface area contributed by atoms with E-state index in [0.717, 1.165) is 10.9 Å². The van der Waals surface area contributed by atoms with E-state index in [4.69, 9.17) is 5.11 Å². The predicted molar refractivity (Wildman–Crippen MR) is 62.8 cm³/mol. The number of fused-ring (bicyclic) bond motifs is 1. The highest BCUT2D eigenvalue weighted by Gasteiger charge is 2.11. The number of carboxylic acids is 1. The maximum absolute atomic E-state index is 13.0. The lowest BCUT2D eigenvalue weighted by Crippen LogP contribution is -1.98. The van der Waals surface area contributed by atoms with Crippen LogP contribution in [0.5, 0.6) is 0 Å². The van der Waals surface area contributed by atoms with E-state index < -0.39 is 5.97 Å². The van der Waals surface area contributed by atoms with Crippen molar-refractivity contribution in [3.63, 3.8) is 0 Å². The molecule has 0 fully saturated rings. The minimum atomic E-state index is -1.12. The number of imidazole rings is 1. The van der Waals surface area contributed by atoms with Gasteiger partial charge in [-0.05, 0) is 24.3 Å². The maximum atomic E-state index is 13.0. The van der Waals surface area contributed by atoms with Gasteiger partial charge in [-0.1, -0.05) is 0 Å². The molecule has 0 unspecified atom stereocenters. The molecule has 0 saturated carbocycles. The maximum Gasteiger partial charge on any atom is 0.371 e. The molecular weight excluding hydrogens is 237 g/mol. The van der Waals surface area contributed by atoms with Crippen LogP contribution >= 0.6 is 0 Å². The third-order valence-electron chi connectivity index (χ3n) is 2.65. The number of carboxylic acid groups (broad SMARTS) is 1. The summed E-state index contributed by atoms with van der Waals surface area (Å²) in [6.45, 7) is 0. The molecule has 3 N–H and O–H groups in total. The first-order valence-corrected chi connectivity index (χ1v) is 5.20. The summed E-state index contributed by atoms with van der Waals surface area (Å²) in [6, 6.07) is 6.13. The Hall–Kier alpha value is -2.63. The Balaban J connectivity index is 2.10. The number of hydrogen-bond donors (Lipinski definition) is 3. The van der Waals surface area contributed by atoms with E-state index in [1.165, 1.54) is 18.3 Å². The lowest BCUT2D eigenvalue weighted by Gasteiger charge is -1.90. The minimum Gasteiger partial charge on any atom is -0.475 e. The largest absolute Gasteiger partial charge is 0.475 e. The van der Waals surface area contributed by atoms with Gasteiger partial charge in [0, 0.05) is 10.9 Å². The van der Waals surface area contributed by atoms with E-state index in [1.807, 2.05) is 0 Å². The molecule has 0 spiro atoms. The van der Waals surface area contributed by atoms with Gasteiger partial charge >= 0.3 is 5.97 Å². The molecule has 2 heterocycles. The van der Waals surface area contributed by atoms with Crippen molar-refractivity contribution in [1.82, 2.24) is 15.0 Å². The first-order valence-electron chi connectivity index (χ1n) is 5.20. The fourth-order valence-electron chi connectivity index (χ4n) is 1.82. The van der Waals surface area contributed by atoms with Crippen molar-refractivity contribution in [2.75, 3.05) is 0 Å². The zero-order valence-electron chi connectivity index (χ0n) is 9.07. The molecule has 0 radical (unpaired) electrons. The molecule has 5 nitrogen and oxygen atoms in total. The zero-order chi connectivity index (χ0) is 12.7. The standard InChI is InChI=1S/C12H8FN3O2/c13-7-1-2-8-6(3-7)4-9(15-8)10-5-14-11(16-10)12(17)18/h1-5,15H,(H,14,16)(H,17,18). The first-order chi connectivity index (χ1) is 8.63. The van der Waals surface area contributed by atoms with Crippen LogP contribution in [0.25, 0.3) is 22.3 Å². The SMILES string of the molecule is O=C(O)c1ncc(-c2cc3cc(F)ccc3[nH]2)[nH]1. The average molecular weight is 245 g/mol. The summed E-state index contributed by atoms with van der Waals surface area (Å²) in [7, 11) is 0. The van der Waals surface area contributed by atoms with Crippen LogP contribution in [0.2, 0.25) is 0 Å². The van der Waals surface area contributed by atoms with Crippen LogP contribution in [0.4, 0.5) is 4.39 Å². The highest BCUT2D eigenvalue weighted by atomic mass is 19.1. The predicted octanol–water partition coefficient (Wildman–Crippen LogP) is 2.40. The van der Waals surface area contributed by atoms with Crippen molar-refractivity contribution in [3.8, 4) is 11.4 Å². The van der Waals surface area contributed by atoms with Crippen molar-refractivity contribution in [1.29, 1.82) is 0 Å². The summed E-state index contributed by atoms with van der Waals surface area (Å²) in [5.74, 6) is -1.57. The Kier molecular flexibility index (Phi) is 2.16. The molecule has 3 aromatic rings. The Morgan fingerprint density at radius 1 is 1.22 bits per heavy atom. The van der Waals surface area contributed by atoms with Gasteiger partial charge in [0.1, 0.15) is 5.82 Å². The molecule has 0 atom stereocenters. The van der Waals surface area contributed by atoms with Gasteiger partial charge in [-0.15, -0.1) is 0 Å². The fourth-order valence-corrected chi connectivity index (χ4v) is 1.82. The molecule has 6 heteroatoms. The molecule has 3 rings (SSSR count). The summed E-state index contributed by atoms with van der Waals surface area (Å²) in [6.07, 6.45) is 1.42. The molecule has 1 aromatic carbocycles. The van der Waals surface area contributed by atoms with E-state index in [1.54, 1.807) is 12.1 Å². The summed E-state index contributed by atoms with van der Waals surface area (Å²) < 4.78 is 13.0. The van der Waals surface area contributed by atoms with Gasteiger partial charge in [-0.2, -0.15) is 0 Å². The topological polar surface area (TPSA) is 81.8 Å². The van der Waals surface area contributed by atoms with Crippen LogP contribution in [-0.2, 0) is 0 Å². The van der Waals surface area contributed by atoms with Gasteiger partial charge < -0.3 is 15.1 Å². The number of nitrogens with one attached hydrogen (secondary N) is 2. The number of nitrogens with zero attached hydrogens (tertiary/aromatic N) is 1. The summed E-state index contributed by atoms with van der Waals surface area (Å²) >= 11 is 0. The number of aromatic amines is 2. The average Bonchev–Trinajstić information content (AvgIpc) is 2.93. The molecule has 2 aromatic heterocycles. The van der Waals surface area contributed by atoms with Gasteiger partial charge in [-0.3, -0.25) is 0 Å². The number of aromatic carboxylic acids is 1. The molecule has 0 bridgehead atoms. The van der Waals surface area contributed by atoms with Crippen molar-refractivity contribution < 1.29 is 14.3 Å². The number of benzene rings is 1. The second-order valence-electron chi connectivity index (χ2n) is 3.87. The molecule has 0 aliphatic rings. The van der Waals surface area contributed by atoms with Crippen LogP contribution in [0, 0.1) is 5.82 Å². The quantitative estimate of drug-likeness (QED) is 0.648. The monoisotopic (exact) mass is 245 g/mol. The number of carbonyl (C=O) groups is 1. The Morgan fingerprint density at radius 2 is 2.06 bits per heavy atom. The van der Waals surface area contributed by atoms with Crippen LogP contribution in [0.1, 0.15) is 10.6 Å². The second-order valence-corrected chi connectivity index (χ2v) is 3.87. The highest BCUT2D eigenvalue weighted by Crippen LogP contribution is 2.23. The minimum absolute atomic E-state index is 0.130. The summed E-state index contributed by atoms with van der Waals surface area (Å²) in [5.41, 5.74) is 1.98. The third kappa shape index (κ3) is 1.64. The highest BCUT2D eigenvalue weighted by molar-refractivity contribution is 5.87. The smallest absolute Gasteiger partial charge is 0.371 e. The van der Waals surface area contributed by atoms with Crippen LogP contribution in [0.3, 0.4) is 0 Å². The first kappa shape index (κ1) is 10.5. The number of rotatable bonds is 2. The van der Waals surface area contributed by atoms with Crippen LogP contribution < -0.4 is 0 Å². The number of halogens is 1. The number of H-pyrrole nitrogens is 2. The normalized spacial score (nSPS) is 10.9. The Labute approximate surface area is 100 Å². The lowest BCUT2D eigenvalue weighted by atomic mass is 10.2. The van der Waals surface area contributed by atoms with E-state index in [-0.39, 0.29) is 11.6 Å². The molecular formula is C12H8FN3O2. The molecule has 18 heavy (non-hydrogen) atoms. The zero-order valence-corrected chi connectivity index (χ0v) is 9.07. The van der Waals surface area contributed by atoms with Crippen LogP contribution in [0.15, 0.2) is 30.5 Å². The van der Waals surface area contributed by atoms with Crippen molar-refractivity contribution in [2.45, 2.75) is 0 Å². The lowest BCUT2D eigenvalue weighted by molar-refractivity contribution is 0.0685. The van der Waals surface area contributed by atoms with Gasteiger partial charge in [0.15, 0.2) is 0 Å². The second kappa shape index (κ2) is 3.69. The van der Waals surface area contributed by atoms with Crippen LogP contribution in [-0.4, -0.2) is 26.0 Å². The fraction of sp³-hybridized carbons (Fsp3) is 0. The van der Waals surface area contributed by atoms with Gasteiger partial charge in [-0.25, -0.2) is 14.2 Å². The van der Waals surface area contributed by atoms with Crippen molar-refractivity contribution in [2.24, 2.45) is 0 Å². The molecule has 0 aliphatic carbocycles. The van der Waals surface area contributed by atoms with Crippen molar-refractivity contribution in [3.05, 3.63) is 42.1 Å². The summed E-state index contributed by atoms with van der Waals surface area (Å²) in [5, 5.41) is 9.49. The van der Waals surface area contributed by atoms with Gasteiger partial charge in [0.2, 0.25) is 5.82 Å². The molecule has 0 saturated heterocycles. The Morgan fingerprint density at radius 3 is 2.78 bits per heavy atom. The Bertz CT molecular complexity index is 745. The van der Waals surface area contributed by atoms with Gasteiger partial charge in [0.25, 0.3) is 0 Å². The number of aromatic nitrogens is 3. The molecule has 90 valence electrons. The molecule has 0 amide bonds. The van der Waals surface area contributed by atoms with Crippen molar-refractivity contribution >= 4 is 16.9 Å². The van der Waals surface area contributed by atoms with E-state index in [2.05, 4.69) is 15.0 Å². The summed E-state index contributed by atoms with van der Waals surface area (Å²) in [4.78, 5) is 20.2. The van der Waals surface area contributed by atoms with E-state index >= 15 is 0 Å². The molecule has 0 aliphatic heterocycles. The van der Waals surface area contributed by atoms with E-state index in [0.29, 0.717) is 11.4 Å². The van der Waals surface area contributed by atoms with Gasteiger partial charge in [0.05, 0.1) is 17.6 Å². The van der Waals surface area contributed by atoms with E-state index in [9.17, 15) is 9.18 Å².